The van der Waals surface area contributed by atoms with E-state index < -0.39 is 0 Å². The molecule has 0 aliphatic carbocycles. The highest BCUT2D eigenvalue weighted by Crippen LogP contribution is 1.74. The summed E-state index contributed by atoms with van der Waals surface area (Å²) in [4.78, 5) is 0. The van der Waals surface area contributed by atoms with Crippen molar-refractivity contribution in [3.63, 3.8) is 0 Å². The highest BCUT2D eigenvalue weighted by atomic mass is 19.1. The van der Waals surface area contributed by atoms with Crippen molar-refractivity contribution in [1.29, 1.82) is 0 Å². The molecule has 0 aromatic rings. The Labute approximate surface area is 75.2 Å². The molecule has 0 aliphatic heterocycles. The van der Waals surface area contributed by atoms with Crippen LogP contribution in [-0.4, -0.2) is 26.3 Å². The molecular formula is C9H21FN2. The number of nitrogens with one attached hydrogen (secondary N) is 2. The Morgan fingerprint density at radius 3 is 2.25 bits per heavy atom. The fourth-order valence-electron chi connectivity index (χ4n) is 0.556. The maximum Gasteiger partial charge on any atom is 0.102 e. The molecular weight excluding hydrogens is 155 g/mol. The summed E-state index contributed by atoms with van der Waals surface area (Å²) in [7, 11) is 0. The van der Waals surface area contributed by atoms with Crippen LogP contribution in [0, 0.1) is 0 Å². The molecule has 2 N–H and O–H groups in total. The quantitative estimate of drug-likeness (QED) is 0.602. The zero-order chi connectivity index (χ0) is 9.82. The summed E-state index contributed by atoms with van der Waals surface area (Å²) in [6, 6.07) is 0. The van der Waals surface area contributed by atoms with Gasteiger partial charge in [0.05, 0.1) is 0 Å². The van der Waals surface area contributed by atoms with Crippen LogP contribution >= 0.6 is 0 Å². The molecule has 12 heavy (non-hydrogen) atoms. The van der Waals surface area contributed by atoms with E-state index in [1.54, 1.807) is 0 Å². The molecule has 0 spiro atoms. The van der Waals surface area contributed by atoms with Gasteiger partial charge in [-0.15, -0.1) is 0 Å². The largest absolute Gasteiger partial charge is 0.388 e. The fourth-order valence-corrected chi connectivity index (χ4v) is 0.556. The van der Waals surface area contributed by atoms with Gasteiger partial charge in [-0.3, -0.25) is 0 Å². The van der Waals surface area contributed by atoms with Crippen LogP contribution in [0.15, 0.2) is 12.3 Å². The van der Waals surface area contributed by atoms with Crippen LogP contribution in [-0.2, 0) is 0 Å². The van der Waals surface area contributed by atoms with E-state index in [1.165, 1.54) is 0 Å². The lowest BCUT2D eigenvalue weighted by Crippen LogP contribution is -2.27. The van der Waals surface area contributed by atoms with E-state index in [0.717, 1.165) is 18.8 Å². The number of halogens is 1. The Kier molecular flexibility index (Phi) is 15.2. The van der Waals surface area contributed by atoms with Gasteiger partial charge in [-0.25, -0.2) is 4.39 Å². The van der Waals surface area contributed by atoms with Crippen molar-refractivity contribution in [3.05, 3.63) is 12.3 Å². The molecule has 0 saturated heterocycles. The molecule has 3 heteroatoms. The Bertz CT molecular complexity index is 94.5. The molecule has 0 amide bonds. The van der Waals surface area contributed by atoms with Crippen molar-refractivity contribution >= 4 is 0 Å². The van der Waals surface area contributed by atoms with Gasteiger partial charge in [0.25, 0.3) is 0 Å². The van der Waals surface area contributed by atoms with E-state index in [9.17, 15) is 4.39 Å². The minimum atomic E-state index is -0.299. The number of hydrogen-bond acceptors (Lipinski definition) is 2. The van der Waals surface area contributed by atoms with E-state index in [4.69, 9.17) is 0 Å². The van der Waals surface area contributed by atoms with Crippen molar-refractivity contribution in [2.45, 2.75) is 20.8 Å². The van der Waals surface area contributed by atoms with Gasteiger partial charge in [-0.1, -0.05) is 20.4 Å². The van der Waals surface area contributed by atoms with Crippen molar-refractivity contribution in [1.82, 2.24) is 10.6 Å². The summed E-state index contributed by atoms with van der Waals surface area (Å²) >= 11 is 0. The number of rotatable bonds is 6. The van der Waals surface area contributed by atoms with E-state index in [-0.39, 0.29) is 6.67 Å². The summed E-state index contributed by atoms with van der Waals surface area (Å²) in [5.74, 6) is 0. The SMILES string of the molecule is C=C(C)NCCNCCF.CC. The highest BCUT2D eigenvalue weighted by Gasteiger charge is 1.85. The second-order valence-corrected chi connectivity index (χ2v) is 2.15. The second-order valence-electron chi connectivity index (χ2n) is 2.15. The lowest BCUT2D eigenvalue weighted by atomic mass is 10.5. The first-order valence-corrected chi connectivity index (χ1v) is 4.43. The van der Waals surface area contributed by atoms with Crippen LogP contribution in [0.4, 0.5) is 4.39 Å². The molecule has 0 saturated carbocycles. The lowest BCUT2D eigenvalue weighted by molar-refractivity contribution is 0.467. The molecule has 2 nitrogen and oxygen atoms in total. The Hall–Kier alpha value is -0.570. The normalized spacial score (nSPS) is 8.33. The summed E-state index contributed by atoms with van der Waals surface area (Å²) < 4.78 is 11.5. The standard InChI is InChI=1S/C7H15FN2.C2H6/c1-7(2)10-6-5-9-4-3-8;1-2/h9-10H,1,3-6H2,2H3;1-2H3. The van der Waals surface area contributed by atoms with Gasteiger partial charge >= 0.3 is 0 Å². The maximum absolute atomic E-state index is 11.5. The second kappa shape index (κ2) is 13.1. The van der Waals surface area contributed by atoms with E-state index in [0.29, 0.717) is 6.54 Å². The van der Waals surface area contributed by atoms with Crippen LogP contribution in [0.2, 0.25) is 0 Å². The third-order valence-electron chi connectivity index (χ3n) is 1.000. The van der Waals surface area contributed by atoms with E-state index in [1.807, 2.05) is 20.8 Å². The monoisotopic (exact) mass is 176 g/mol. The summed E-state index contributed by atoms with van der Waals surface area (Å²) in [5.41, 5.74) is 0.946. The minimum absolute atomic E-state index is 0.299. The zero-order valence-electron chi connectivity index (χ0n) is 8.41. The smallest absolute Gasteiger partial charge is 0.102 e. The lowest BCUT2D eigenvalue weighted by Gasteiger charge is -2.04. The topological polar surface area (TPSA) is 24.1 Å². The molecule has 0 heterocycles. The predicted molar refractivity (Wildman–Crippen MR) is 53.0 cm³/mol. The molecule has 0 atom stereocenters. The first-order valence-electron chi connectivity index (χ1n) is 4.43. The number of hydrogen-bond donors (Lipinski definition) is 2. The molecule has 0 bridgehead atoms. The van der Waals surface area contributed by atoms with Crippen LogP contribution < -0.4 is 10.6 Å². The average molecular weight is 176 g/mol. The summed E-state index contributed by atoms with van der Waals surface area (Å²) in [5, 5.41) is 5.94. The van der Waals surface area contributed by atoms with Gasteiger partial charge in [0.15, 0.2) is 0 Å². The molecule has 0 aliphatic rings. The van der Waals surface area contributed by atoms with Gasteiger partial charge in [0.2, 0.25) is 0 Å². The van der Waals surface area contributed by atoms with Gasteiger partial charge in [-0.05, 0) is 6.92 Å². The van der Waals surface area contributed by atoms with Gasteiger partial charge in [0, 0.05) is 25.3 Å². The third kappa shape index (κ3) is 16.2. The molecule has 74 valence electrons. The molecule has 0 fully saturated rings. The molecule has 0 rings (SSSR count). The van der Waals surface area contributed by atoms with Gasteiger partial charge in [-0.2, -0.15) is 0 Å². The van der Waals surface area contributed by atoms with E-state index in [2.05, 4.69) is 17.2 Å². The third-order valence-corrected chi connectivity index (χ3v) is 1.000. The Balaban J connectivity index is 0. The van der Waals surface area contributed by atoms with Crippen LogP contribution in [0.3, 0.4) is 0 Å². The number of alkyl halides is 1. The zero-order valence-corrected chi connectivity index (χ0v) is 8.41. The van der Waals surface area contributed by atoms with Crippen molar-refractivity contribution in [2.75, 3.05) is 26.3 Å². The average Bonchev–Trinajstić information content (AvgIpc) is 2.07. The van der Waals surface area contributed by atoms with Crippen LogP contribution in [0.25, 0.3) is 0 Å². The van der Waals surface area contributed by atoms with Gasteiger partial charge < -0.3 is 10.6 Å². The Morgan fingerprint density at radius 1 is 1.25 bits per heavy atom. The minimum Gasteiger partial charge on any atom is -0.388 e. The summed E-state index contributed by atoms with van der Waals surface area (Å²) in [6.45, 7) is 11.3. The number of allylic oxidation sites excluding steroid dienone is 1. The first-order chi connectivity index (χ1) is 5.77. The van der Waals surface area contributed by atoms with Crippen molar-refractivity contribution < 1.29 is 4.39 Å². The fraction of sp³-hybridized carbons (Fsp3) is 0.778. The molecule has 0 aromatic carbocycles. The maximum atomic E-state index is 11.5. The van der Waals surface area contributed by atoms with Gasteiger partial charge in [0.1, 0.15) is 6.67 Å². The summed E-state index contributed by atoms with van der Waals surface area (Å²) in [6.07, 6.45) is 0. The van der Waals surface area contributed by atoms with Crippen LogP contribution in [0.1, 0.15) is 20.8 Å². The Morgan fingerprint density at radius 2 is 1.83 bits per heavy atom. The molecule has 0 radical (unpaired) electrons. The van der Waals surface area contributed by atoms with Crippen LogP contribution in [0.5, 0.6) is 0 Å². The highest BCUT2D eigenvalue weighted by molar-refractivity contribution is 4.83. The van der Waals surface area contributed by atoms with E-state index >= 15 is 0 Å². The predicted octanol–water partition coefficient (Wildman–Crippen LogP) is 1.69. The molecule has 0 unspecified atom stereocenters. The first kappa shape index (κ1) is 14.0. The van der Waals surface area contributed by atoms with Crippen molar-refractivity contribution in [3.8, 4) is 0 Å². The van der Waals surface area contributed by atoms with Crippen molar-refractivity contribution in [2.24, 2.45) is 0 Å². The molecule has 0 aromatic heterocycles.